The Kier molecular flexibility index (Phi) is 11.3. The summed E-state index contributed by atoms with van der Waals surface area (Å²) in [5.74, 6) is 0.603. The van der Waals surface area contributed by atoms with Gasteiger partial charge in [-0.25, -0.2) is 4.98 Å². The Bertz CT molecular complexity index is 577. The van der Waals surface area contributed by atoms with Gasteiger partial charge in [-0.15, -0.1) is 24.0 Å². The van der Waals surface area contributed by atoms with Crippen molar-refractivity contribution in [2.24, 2.45) is 18.0 Å². The van der Waals surface area contributed by atoms with E-state index in [0.29, 0.717) is 25.0 Å². The van der Waals surface area contributed by atoms with Crippen molar-refractivity contribution in [3.8, 4) is 0 Å². The lowest BCUT2D eigenvalue weighted by Crippen LogP contribution is -2.48. The topological polar surface area (TPSA) is 74.5 Å². The molecule has 10 heteroatoms. The molecule has 0 aliphatic heterocycles. The van der Waals surface area contributed by atoms with Gasteiger partial charge in [-0.3, -0.25) is 4.99 Å². The van der Waals surface area contributed by atoms with Gasteiger partial charge in [-0.05, 0) is 25.7 Å². The van der Waals surface area contributed by atoms with Crippen molar-refractivity contribution in [2.75, 3.05) is 19.6 Å². The van der Waals surface area contributed by atoms with Gasteiger partial charge in [0.25, 0.3) is 0 Å². The highest BCUT2D eigenvalue weighted by atomic mass is 127. The zero-order chi connectivity index (χ0) is 19.8. The third-order valence-electron chi connectivity index (χ3n) is 3.99. The quantitative estimate of drug-likeness (QED) is 0.209. The average Bonchev–Trinajstić information content (AvgIpc) is 2.96. The summed E-state index contributed by atoms with van der Waals surface area (Å²) in [5.41, 5.74) is -3.02. The number of hydrogen-bond acceptors (Lipinski definition) is 3. The van der Waals surface area contributed by atoms with Crippen LogP contribution in [0.2, 0.25) is 0 Å². The van der Waals surface area contributed by atoms with E-state index in [9.17, 15) is 18.3 Å². The number of halogens is 4. The second-order valence-corrected chi connectivity index (χ2v) is 6.69. The summed E-state index contributed by atoms with van der Waals surface area (Å²) in [5, 5.41) is 16.2. The molecule has 1 aromatic heterocycles. The molecule has 1 atom stereocenters. The van der Waals surface area contributed by atoms with Crippen LogP contribution in [0.4, 0.5) is 13.2 Å². The van der Waals surface area contributed by atoms with Gasteiger partial charge in [-0.1, -0.05) is 13.8 Å². The normalized spacial score (nSPS) is 14.6. The first-order valence-corrected chi connectivity index (χ1v) is 8.91. The molecule has 0 spiro atoms. The molecule has 1 rings (SSSR count). The summed E-state index contributed by atoms with van der Waals surface area (Å²) < 4.78 is 41.6. The third kappa shape index (κ3) is 7.84. The van der Waals surface area contributed by atoms with Crippen LogP contribution >= 0.6 is 24.0 Å². The Labute approximate surface area is 176 Å². The van der Waals surface area contributed by atoms with E-state index in [2.05, 4.69) is 34.5 Å². The van der Waals surface area contributed by atoms with Crippen LogP contribution in [-0.4, -0.2) is 46.4 Å². The largest absolute Gasteiger partial charge is 0.424 e. The summed E-state index contributed by atoms with van der Waals surface area (Å²) in [4.78, 5) is 8.04. The molecule has 1 unspecified atom stereocenters. The van der Waals surface area contributed by atoms with Gasteiger partial charge in [0.05, 0.1) is 0 Å². The second kappa shape index (κ2) is 11.7. The molecule has 0 saturated carbocycles. The van der Waals surface area contributed by atoms with E-state index >= 15 is 0 Å². The van der Waals surface area contributed by atoms with Gasteiger partial charge >= 0.3 is 6.18 Å². The second-order valence-electron chi connectivity index (χ2n) is 6.69. The van der Waals surface area contributed by atoms with E-state index in [4.69, 9.17) is 0 Å². The number of aliphatic imine (C=N–C) groups is 1. The summed E-state index contributed by atoms with van der Waals surface area (Å²) in [6.45, 7) is 7.23. The Morgan fingerprint density at radius 3 is 2.48 bits per heavy atom. The smallest absolute Gasteiger partial charge is 0.374 e. The predicted molar refractivity (Wildman–Crippen MR) is 111 cm³/mol. The molecule has 0 aliphatic rings. The zero-order valence-electron chi connectivity index (χ0n) is 16.3. The summed E-state index contributed by atoms with van der Waals surface area (Å²) in [7, 11) is 1.42. The van der Waals surface area contributed by atoms with Crippen LogP contribution in [0, 0.1) is 5.92 Å². The lowest BCUT2D eigenvalue weighted by molar-refractivity contribution is -0.272. The standard InChI is InChI=1S/C17H30F3N5O.HI/c1-5-21-15(23-9-6-7-13(2)3)24-10-8-16(26,17(18,19)20)14-22-11-12-25(14)4;/h11-13,26H,5-10H2,1-4H3,(H2,21,23,24);1H. The third-order valence-corrected chi connectivity index (χ3v) is 3.99. The molecule has 1 aromatic rings. The Morgan fingerprint density at radius 1 is 1.33 bits per heavy atom. The van der Waals surface area contributed by atoms with Crippen LogP contribution in [-0.2, 0) is 12.6 Å². The van der Waals surface area contributed by atoms with Gasteiger partial charge < -0.3 is 20.3 Å². The van der Waals surface area contributed by atoms with Gasteiger partial charge in [0.1, 0.15) is 5.82 Å². The highest BCUT2D eigenvalue weighted by Gasteiger charge is 2.57. The van der Waals surface area contributed by atoms with Gasteiger partial charge in [-0.2, -0.15) is 13.2 Å². The van der Waals surface area contributed by atoms with Crippen LogP contribution in [0.3, 0.4) is 0 Å². The summed E-state index contributed by atoms with van der Waals surface area (Å²) in [6.07, 6.45) is -0.846. The SMILES string of the molecule is CCNC(=NCCCC(C)C)NCCC(O)(c1nccn1C)C(F)(F)F.I. The summed E-state index contributed by atoms with van der Waals surface area (Å²) >= 11 is 0. The minimum atomic E-state index is -4.83. The molecule has 3 N–H and O–H groups in total. The first kappa shape index (κ1) is 26.0. The Hall–Kier alpha value is -1.04. The molecular weight excluding hydrogens is 474 g/mol. The number of imidazole rings is 1. The van der Waals surface area contributed by atoms with Crippen LogP contribution in [0.5, 0.6) is 0 Å². The molecule has 0 aromatic carbocycles. The number of aryl methyl sites for hydroxylation is 1. The maximum Gasteiger partial charge on any atom is 0.424 e. The van der Waals surface area contributed by atoms with Crippen molar-refractivity contribution in [1.82, 2.24) is 20.2 Å². The predicted octanol–water partition coefficient (Wildman–Crippen LogP) is 3.17. The minimum Gasteiger partial charge on any atom is -0.374 e. The molecule has 158 valence electrons. The fourth-order valence-corrected chi connectivity index (χ4v) is 2.54. The number of nitrogens with one attached hydrogen (secondary N) is 2. The minimum absolute atomic E-state index is 0. The number of nitrogens with zero attached hydrogens (tertiary/aromatic N) is 3. The monoisotopic (exact) mass is 505 g/mol. The number of aliphatic hydroxyl groups is 1. The number of hydrogen-bond donors (Lipinski definition) is 3. The summed E-state index contributed by atoms with van der Waals surface area (Å²) in [6, 6.07) is 0. The number of alkyl halides is 3. The van der Waals surface area contributed by atoms with Crippen molar-refractivity contribution in [3.63, 3.8) is 0 Å². The lowest BCUT2D eigenvalue weighted by atomic mass is 9.97. The number of aromatic nitrogens is 2. The highest BCUT2D eigenvalue weighted by molar-refractivity contribution is 14.0. The van der Waals surface area contributed by atoms with E-state index in [-0.39, 0.29) is 30.5 Å². The maximum absolute atomic E-state index is 13.5. The van der Waals surface area contributed by atoms with E-state index in [1.165, 1.54) is 24.0 Å². The van der Waals surface area contributed by atoms with Gasteiger partial charge in [0, 0.05) is 45.5 Å². The van der Waals surface area contributed by atoms with Gasteiger partial charge in [0.2, 0.25) is 5.60 Å². The molecule has 0 bridgehead atoms. The fourth-order valence-electron chi connectivity index (χ4n) is 2.54. The van der Waals surface area contributed by atoms with Crippen LogP contribution in [0.25, 0.3) is 0 Å². The van der Waals surface area contributed by atoms with Crippen molar-refractivity contribution < 1.29 is 18.3 Å². The molecule has 0 aliphatic carbocycles. The first-order valence-electron chi connectivity index (χ1n) is 8.91. The van der Waals surface area contributed by atoms with E-state index in [1.54, 1.807) is 0 Å². The molecule has 0 radical (unpaired) electrons. The van der Waals surface area contributed by atoms with Crippen LogP contribution in [0.15, 0.2) is 17.4 Å². The van der Waals surface area contributed by atoms with E-state index < -0.39 is 24.0 Å². The van der Waals surface area contributed by atoms with Crippen LogP contribution < -0.4 is 10.6 Å². The molecule has 1 heterocycles. The van der Waals surface area contributed by atoms with Crippen molar-refractivity contribution >= 4 is 29.9 Å². The molecule has 0 saturated heterocycles. The lowest BCUT2D eigenvalue weighted by Gasteiger charge is -2.30. The van der Waals surface area contributed by atoms with E-state index in [0.717, 1.165) is 12.8 Å². The number of rotatable bonds is 9. The highest BCUT2D eigenvalue weighted by Crippen LogP contribution is 2.40. The van der Waals surface area contributed by atoms with Crippen LogP contribution in [0.1, 0.15) is 45.9 Å². The molecule has 0 fully saturated rings. The average molecular weight is 505 g/mol. The van der Waals surface area contributed by atoms with Gasteiger partial charge in [0.15, 0.2) is 5.96 Å². The van der Waals surface area contributed by atoms with E-state index in [1.807, 2.05) is 6.92 Å². The zero-order valence-corrected chi connectivity index (χ0v) is 18.6. The van der Waals surface area contributed by atoms with Crippen molar-refractivity contribution in [2.45, 2.75) is 51.8 Å². The Balaban J connectivity index is 0.00000676. The molecular formula is C17H31F3IN5O. The maximum atomic E-state index is 13.5. The molecule has 6 nitrogen and oxygen atoms in total. The Morgan fingerprint density at radius 2 is 2.00 bits per heavy atom. The van der Waals surface area contributed by atoms with Crippen molar-refractivity contribution in [1.29, 1.82) is 0 Å². The first-order chi connectivity index (χ1) is 12.1. The molecule has 27 heavy (non-hydrogen) atoms. The van der Waals surface area contributed by atoms with Crippen molar-refractivity contribution in [3.05, 3.63) is 18.2 Å². The fraction of sp³-hybridized carbons (Fsp3) is 0.765. The number of guanidine groups is 1. The molecule has 0 amide bonds.